The highest BCUT2D eigenvalue weighted by Gasteiger charge is 2.73. The Hall–Kier alpha value is -2.54. The number of phenolic OH excluding ortho intramolecular Hbond substituents is 1. The van der Waals surface area contributed by atoms with E-state index in [1.807, 2.05) is 0 Å². The van der Waals surface area contributed by atoms with Crippen LogP contribution in [0.3, 0.4) is 0 Å². The quantitative estimate of drug-likeness (QED) is 0.531. The summed E-state index contributed by atoms with van der Waals surface area (Å²) in [5.74, 6) is 1.57. The van der Waals surface area contributed by atoms with Crippen LogP contribution in [0, 0.1) is 5.92 Å². The summed E-state index contributed by atoms with van der Waals surface area (Å²) < 4.78 is 9.20. The number of para-hydroxylation sites is 1. The van der Waals surface area contributed by atoms with E-state index in [1.165, 1.54) is 40.6 Å². The van der Waals surface area contributed by atoms with E-state index in [0.717, 1.165) is 50.4 Å². The van der Waals surface area contributed by atoms with Crippen molar-refractivity contribution in [2.24, 2.45) is 11.7 Å². The molecule has 3 heterocycles. The van der Waals surface area contributed by atoms with Gasteiger partial charge in [0.1, 0.15) is 0 Å². The molecule has 182 valence electrons. The normalized spacial score (nSPS) is 32.4. The van der Waals surface area contributed by atoms with Gasteiger partial charge in [0.25, 0.3) is 0 Å². The molecule has 35 heavy (non-hydrogen) atoms. The van der Waals surface area contributed by atoms with E-state index in [2.05, 4.69) is 39.8 Å². The van der Waals surface area contributed by atoms with Crippen molar-refractivity contribution in [2.75, 3.05) is 19.6 Å². The fourth-order valence-electron chi connectivity index (χ4n) is 8.29. The standard InChI is InChI=1S/C29H33N3O3/c30-11-3-12-32-21-5-2-1-4-19(21)20-15-29(34)23-14-18-8-9-22(33)26-24(18)28(29,27(35-26)25(20)32)10-13-31(23)16-17-6-7-17/h1-2,4-5,8-9,17,23,27,33-34H,3,6-7,10-16,30H2/t23-,27+,28+,29-/m1/s1. The van der Waals surface area contributed by atoms with Crippen molar-refractivity contribution in [1.29, 1.82) is 0 Å². The third-order valence-electron chi connectivity index (χ3n) is 9.91. The van der Waals surface area contributed by atoms with Gasteiger partial charge >= 0.3 is 0 Å². The second-order valence-electron chi connectivity index (χ2n) is 11.6. The van der Waals surface area contributed by atoms with E-state index in [1.54, 1.807) is 6.07 Å². The van der Waals surface area contributed by atoms with Crippen LogP contribution in [0.1, 0.15) is 54.2 Å². The number of aliphatic hydroxyl groups is 1. The van der Waals surface area contributed by atoms with Crippen LogP contribution in [-0.4, -0.2) is 51.0 Å². The van der Waals surface area contributed by atoms with Crippen LogP contribution >= 0.6 is 0 Å². The minimum atomic E-state index is -0.938. The first-order valence-corrected chi connectivity index (χ1v) is 13.4. The van der Waals surface area contributed by atoms with Gasteiger partial charge in [-0.05, 0) is 74.4 Å². The smallest absolute Gasteiger partial charge is 0.166 e. The largest absolute Gasteiger partial charge is 0.504 e. The number of hydrogen-bond donors (Lipinski definition) is 3. The Morgan fingerprint density at radius 3 is 2.83 bits per heavy atom. The first kappa shape index (κ1) is 20.6. The lowest BCUT2D eigenvalue weighted by Gasteiger charge is -2.63. The van der Waals surface area contributed by atoms with Gasteiger partial charge in [-0.3, -0.25) is 4.90 Å². The molecule has 3 aromatic rings. The Balaban J connectivity index is 1.41. The van der Waals surface area contributed by atoms with Gasteiger partial charge in [0.15, 0.2) is 17.6 Å². The minimum absolute atomic E-state index is 0.0604. The number of ether oxygens (including phenoxy) is 1. The molecule has 6 nitrogen and oxygen atoms in total. The topological polar surface area (TPSA) is 83.9 Å². The van der Waals surface area contributed by atoms with Crippen LogP contribution in [-0.2, 0) is 24.8 Å². The first-order chi connectivity index (χ1) is 17.1. The minimum Gasteiger partial charge on any atom is -0.504 e. The highest BCUT2D eigenvalue weighted by Crippen LogP contribution is 2.69. The molecule has 1 spiro atoms. The molecule has 4 N–H and O–H groups in total. The molecule has 0 unspecified atom stereocenters. The Bertz CT molecular complexity index is 1380. The average Bonchev–Trinajstić information content (AvgIpc) is 3.53. The average molecular weight is 472 g/mol. The predicted molar refractivity (Wildman–Crippen MR) is 134 cm³/mol. The molecule has 0 radical (unpaired) electrons. The maximum atomic E-state index is 13.0. The third kappa shape index (κ3) is 2.41. The SMILES string of the molecule is NCCCn1c2c(c3ccccc31)C[C@@]1(O)[C@H]3Cc4ccc(O)c5c4[C@@]1(CCN3CC1CC1)[C@H]2O5. The van der Waals surface area contributed by atoms with Gasteiger partial charge in [-0.1, -0.05) is 24.3 Å². The van der Waals surface area contributed by atoms with Crippen LogP contribution in [0.25, 0.3) is 10.9 Å². The summed E-state index contributed by atoms with van der Waals surface area (Å²) in [4.78, 5) is 2.59. The fraction of sp³-hybridized carbons (Fsp3) is 0.517. The molecule has 6 heteroatoms. The molecule has 2 fully saturated rings. The number of aromatic hydroxyl groups is 1. The molecule has 8 rings (SSSR count). The molecule has 1 aromatic heterocycles. The summed E-state index contributed by atoms with van der Waals surface area (Å²) in [6.45, 7) is 3.51. The van der Waals surface area contributed by atoms with Gasteiger partial charge in [-0.15, -0.1) is 0 Å². The number of hydrogen-bond acceptors (Lipinski definition) is 5. The Kier molecular flexibility index (Phi) is 4.02. The Morgan fingerprint density at radius 1 is 1.14 bits per heavy atom. The van der Waals surface area contributed by atoms with Crippen LogP contribution in [0.5, 0.6) is 11.5 Å². The number of aryl methyl sites for hydroxylation is 1. The molecular weight excluding hydrogens is 438 g/mol. The maximum Gasteiger partial charge on any atom is 0.166 e. The number of rotatable bonds is 5. The Morgan fingerprint density at radius 2 is 2.00 bits per heavy atom. The monoisotopic (exact) mass is 471 g/mol. The van der Waals surface area contributed by atoms with E-state index < -0.39 is 11.0 Å². The van der Waals surface area contributed by atoms with Crippen LogP contribution in [0.4, 0.5) is 0 Å². The molecule has 2 bridgehead atoms. The number of aromatic nitrogens is 1. The molecule has 2 aromatic carbocycles. The summed E-state index contributed by atoms with van der Waals surface area (Å²) in [5.41, 5.74) is 10.4. The summed E-state index contributed by atoms with van der Waals surface area (Å²) in [6, 6.07) is 12.5. The molecule has 5 aliphatic rings. The van der Waals surface area contributed by atoms with Crippen molar-refractivity contribution in [2.45, 2.75) is 68.2 Å². The summed E-state index contributed by atoms with van der Waals surface area (Å²) in [6.07, 6.45) is 5.48. The lowest BCUT2D eigenvalue weighted by atomic mass is 9.49. The van der Waals surface area contributed by atoms with E-state index in [4.69, 9.17) is 10.5 Å². The summed E-state index contributed by atoms with van der Waals surface area (Å²) in [5, 5.41) is 25.1. The zero-order valence-electron chi connectivity index (χ0n) is 20.0. The van der Waals surface area contributed by atoms with E-state index in [9.17, 15) is 10.2 Å². The van der Waals surface area contributed by atoms with Gasteiger partial charge in [-0.25, -0.2) is 0 Å². The first-order valence-electron chi connectivity index (χ1n) is 13.4. The molecule has 0 amide bonds. The highest BCUT2D eigenvalue weighted by atomic mass is 16.5. The lowest BCUT2D eigenvalue weighted by molar-refractivity contribution is -0.173. The summed E-state index contributed by atoms with van der Waals surface area (Å²) >= 11 is 0. The zero-order valence-corrected chi connectivity index (χ0v) is 20.0. The van der Waals surface area contributed by atoms with Gasteiger partial charge in [0.05, 0.1) is 16.7 Å². The Labute approximate surface area is 205 Å². The molecule has 2 aliphatic heterocycles. The third-order valence-corrected chi connectivity index (χ3v) is 9.91. The molecule has 1 saturated carbocycles. The highest BCUT2D eigenvalue weighted by molar-refractivity contribution is 5.87. The van der Waals surface area contributed by atoms with E-state index >= 15 is 0 Å². The fourth-order valence-corrected chi connectivity index (χ4v) is 8.29. The second kappa shape index (κ2) is 6.81. The number of phenols is 1. The molecule has 1 saturated heterocycles. The van der Waals surface area contributed by atoms with Crippen LogP contribution < -0.4 is 10.5 Å². The van der Waals surface area contributed by atoms with Crippen LogP contribution in [0.2, 0.25) is 0 Å². The number of likely N-dealkylation sites (tertiary alicyclic amines) is 1. The van der Waals surface area contributed by atoms with E-state index in [0.29, 0.717) is 18.7 Å². The predicted octanol–water partition coefficient (Wildman–Crippen LogP) is 3.39. The number of nitrogens with two attached hydrogens (primary N) is 1. The molecular formula is C29H33N3O3. The van der Waals surface area contributed by atoms with Gasteiger partial charge < -0.3 is 25.3 Å². The van der Waals surface area contributed by atoms with Crippen molar-refractivity contribution in [3.05, 3.63) is 58.8 Å². The van der Waals surface area contributed by atoms with Crippen molar-refractivity contribution in [1.82, 2.24) is 9.47 Å². The van der Waals surface area contributed by atoms with Gasteiger partial charge in [0, 0.05) is 42.0 Å². The molecule has 3 aliphatic carbocycles. The maximum absolute atomic E-state index is 13.0. The van der Waals surface area contributed by atoms with Gasteiger partial charge in [0.2, 0.25) is 0 Å². The van der Waals surface area contributed by atoms with Crippen LogP contribution in [0.15, 0.2) is 36.4 Å². The summed E-state index contributed by atoms with van der Waals surface area (Å²) in [7, 11) is 0. The molecule has 4 atom stereocenters. The number of nitrogens with zero attached hydrogens (tertiary/aromatic N) is 2. The second-order valence-corrected chi connectivity index (χ2v) is 11.6. The number of piperidine rings is 1. The van der Waals surface area contributed by atoms with Crippen molar-refractivity contribution < 1.29 is 14.9 Å². The lowest BCUT2D eigenvalue weighted by Crippen LogP contribution is -2.74. The van der Waals surface area contributed by atoms with Crippen molar-refractivity contribution >= 4 is 10.9 Å². The zero-order chi connectivity index (χ0) is 23.5. The van der Waals surface area contributed by atoms with Gasteiger partial charge in [-0.2, -0.15) is 0 Å². The van der Waals surface area contributed by atoms with Crippen molar-refractivity contribution in [3.63, 3.8) is 0 Å². The van der Waals surface area contributed by atoms with E-state index in [-0.39, 0.29) is 17.9 Å². The number of fused-ring (bicyclic) bond motifs is 4. The van der Waals surface area contributed by atoms with Crippen molar-refractivity contribution in [3.8, 4) is 11.5 Å². The number of benzene rings is 2.